The van der Waals surface area contributed by atoms with E-state index < -0.39 is 11.9 Å². The van der Waals surface area contributed by atoms with E-state index in [1.807, 2.05) is 30.3 Å². The molecule has 0 aliphatic heterocycles. The van der Waals surface area contributed by atoms with Crippen LogP contribution in [0.2, 0.25) is 5.02 Å². The van der Waals surface area contributed by atoms with Gasteiger partial charge in [0.15, 0.2) is 0 Å². The second-order valence-corrected chi connectivity index (χ2v) is 6.18. The Morgan fingerprint density at radius 1 is 1.04 bits per heavy atom. The first kappa shape index (κ1) is 18.5. The Morgan fingerprint density at radius 3 is 2.41 bits per heavy atom. The highest BCUT2D eigenvalue weighted by Crippen LogP contribution is 2.24. The average molecular weight is 384 g/mol. The van der Waals surface area contributed by atoms with Crippen molar-refractivity contribution in [2.24, 2.45) is 0 Å². The molecule has 138 valence electrons. The van der Waals surface area contributed by atoms with E-state index in [2.05, 4.69) is 21.3 Å². The highest BCUT2D eigenvalue weighted by atomic mass is 35.5. The molecule has 2 aromatic carbocycles. The molecule has 0 fully saturated rings. The van der Waals surface area contributed by atoms with Gasteiger partial charge in [0.05, 0.1) is 12.1 Å². The molecule has 0 radical (unpaired) electrons. The standard InChI is InChI=1S/C19H18ClN5O2/c1-21-19(27)23-22-18(26)16-12-25(11-13-5-3-2-4-6-13)24-17(16)14-7-9-15(20)10-8-14/h2-10,12H,11H2,1H3,(H,22,26)(H2,21,23,27). The van der Waals surface area contributed by atoms with Gasteiger partial charge < -0.3 is 5.32 Å². The Hall–Kier alpha value is -3.32. The second kappa shape index (κ2) is 8.37. The van der Waals surface area contributed by atoms with Crippen molar-refractivity contribution in [3.8, 4) is 11.3 Å². The van der Waals surface area contributed by atoms with Gasteiger partial charge in [-0.2, -0.15) is 5.10 Å². The normalized spacial score (nSPS) is 10.3. The van der Waals surface area contributed by atoms with Crippen LogP contribution in [0.4, 0.5) is 4.79 Å². The first-order chi connectivity index (χ1) is 13.1. The van der Waals surface area contributed by atoms with Crippen molar-refractivity contribution >= 4 is 23.5 Å². The number of benzene rings is 2. The molecule has 0 bridgehead atoms. The van der Waals surface area contributed by atoms with Gasteiger partial charge in [-0.05, 0) is 17.7 Å². The summed E-state index contributed by atoms with van der Waals surface area (Å²) in [5, 5.41) is 7.51. The largest absolute Gasteiger partial charge is 0.340 e. The third-order valence-corrected chi connectivity index (χ3v) is 4.08. The molecule has 0 saturated heterocycles. The number of carbonyl (C=O) groups is 2. The molecule has 8 heteroatoms. The lowest BCUT2D eigenvalue weighted by Crippen LogP contribution is -2.45. The van der Waals surface area contributed by atoms with Gasteiger partial charge in [0.25, 0.3) is 5.91 Å². The summed E-state index contributed by atoms with van der Waals surface area (Å²) in [7, 11) is 1.46. The molecule has 0 atom stereocenters. The van der Waals surface area contributed by atoms with Gasteiger partial charge in [-0.25, -0.2) is 10.2 Å². The smallest absolute Gasteiger partial charge is 0.333 e. The van der Waals surface area contributed by atoms with E-state index in [0.717, 1.165) is 11.1 Å². The summed E-state index contributed by atoms with van der Waals surface area (Å²) in [5.74, 6) is -0.470. The van der Waals surface area contributed by atoms with E-state index in [4.69, 9.17) is 11.6 Å². The number of hydrazine groups is 1. The number of nitrogens with zero attached hydrogens (tertiary/aromatic N) is 2. The lowest BCUT2D eigenvalue weighted by Gasteiger charge is -2.06. The predicted octanol–water partition coefficient (Wildman–Crippen LogP) is 2.83. The Bertz CT molecular complexity index is 938. The molecular weight excluding hydrogens is 366 g/mol. The minimum absolute atomic E-state index is 0.338. The molecule has 0 spiro atoms. The van der Waals surface area contributed by atoms with Crippen LogP contribution in [0.15, 0.2) is 60.8 Å². The van der Waals surface area contributed by atoms with Crippen molar-refractivity contribution in [1.29, 1.82) is 0 Å². The maximum Gasteiger partial charge on any atom is 0.333 e. The van der Waals surface area contributed by atoms with Crippen LogP contribution in [0.5, 0.6) is 0 Å². The van der Waals surface area contributed by atoms with Crippen LogP contribution < -0.4 is 16.2 Å². The number of hydrogen-bond acceptors (Lipinski definition) is 3. The molecule has 3 aromatic rings. The summed E-state index contributed by atoms with van der Waals surface area (Å²) in [4.78, 5) is 23.9. The second-order valence-electron chi connectivity index (χ2n) is 5.74. The van der Waals surface area contributed by atoms with Crippen LogP contribution in [-0.4, -0.2) is 28.8 Å². The van der Waals surface area contributed by atoms with E-state index in [0.29, 0.717) is 22.8 Å². The molecule has 3 N–H and O–H groups in total. The zero-order valence-corrected chi connectivity index (χ0v) is 15.3. The van der Waals surface area contributed by atoms with Crippen LogP contribution in [-0.2, 0) is 6.54 Å². The van der Waals surface area contributed by atoms with Crippen LogP contribution in [0, 0.1) is 0 Å². The van der Waals surface area contributed by atoms with E-state index >= 15 is 0 Å². The number of aromatic nitrogens is 2. The third-order valence-electron chi connectivity index (χ3n) is 3.83. The molecular formula is C19H18ClN5O2. The minimum Gasteiger partial charge on any atom is -0.340 e. The molecule has 3 amide bonds. The molecule has 3 rings (SSSR count). The topological polar surface area (TPSA) is 88.0 Å². The van der Waals surface area contributed by atoms with E-state index in [-0.39, 0.29) is 0 Å². The average Bonchev–Trinajstić information content (AvgIpc) is 3.11. The number of amides is 3. The summed E-state index contributed by atoms with van der Waals surface area (Å²) >= 11 is 5.96. The summed E-state index contributed by atoms with van der Waals surface area (Å²) in [5.41, 5.74) is 7.27. The highest BCUT2D eigenvalue weighted by Gasteiger charge is 2.18. The van der Waals surface area contributed by atoms with Crippen LogP contribution >= 0.6 is 11.6 Å². The molecule has 1 aromatic heterocycles. The molecule has 0 aliphatic carbocycles. The van der Waals surface area contributed by atoms with Gasteiger partial charge in [0.2, 0.25) is 0 Å². The van der Waals surface area contributed by atoms with Gasteiger partial charge in [0, 0.05) is 23.8 Å². The maximum atomic E-state index is 12.6. The molecule has 7 nitrogen and oxygen atoms in total. The first-order valence-electron chi connectivity index (χ1n) is 8.22. The number of rotatable bonds is 4. The van der Waals surface area contributed by atoms with Gasteiger partial charge in [-0.15, -0.1) is 0 Å². The minimum atomic E-state index is -0.520. The Labute approximate surface area is 161 Å². The fourth-order valence-electron chi connectivity index (χ4n) is 2.50. The zero-order valence-electron chi connectivity index (χ0n) is 14.6. The molecule has 0 saturated carbocycles. The van der Waals surface area contributed by atoms with E-state index in [1.165, 1.54) is 7.05 Å². The van der Waals surface area contributed by atoms with Gasteiger partial charge >= 0.3 is 6.03 Å². The summed E-state index contributed by atoms with van der Waals surface area (Å²) in [6, 6.07) is 16.3. The number of carbonyl (C=O) groups excluding carboxylic acids is 2. The fraction of sp³-hybridized carbons (Fsp3) is 0.105. The summed E-state index contributed by atoms with van der Waals surface area (Å²) in [6.45, 7) is 0.511. The first-order valence-corrected chi connectivity index (χ1v) is 8.60. The summed E-state index contributed by atoms with van der Waals surface area (Å²) < 4.78 is 1.69. The Kier molecular flexibility index (Phi) is 5.73. The highest BCUT2D eigenvalue weighted by molar-refractivity contribution is 6.30. The summed E-state index contributed by atoms with van der Waals surface area (Å²) in [6.07, 6.45) is 1.65. The predicted molar refractivity (Wildman–Crippen MR) is 103 cm³/mol. The van der Waals surface area contributed by atoms with Crippen molar-refractivity contribution in [3.63, 3.8) is 0 Å². The van der Waals surface area contributed by atoms with Crippen LogP contribution in [0.3, 0.4) is 0 Å². The van der Waals surface area contributed by atoms with Gasteiger partial charge in [-0.1, -0.05) is 54.1 Å². The quantitative estimate of drug-likeness (QED) is 0.605. The fourth-order valence-corrected chi connectivity index (χ4v) is 2.63. The van der Waals surface area contributed by atoms with Crippen LogP contribution in [0.1, 0.15) is 15.9 Å². The number of urea groups is 1. The zero-order chi connectivity index (χ0) is 19.2. The van der Waals surface area contributed by atoms with Crippen molar-refractivity contribution in [2.45, 2.75) is 6.54 Å². The molecule has 1 heterocycles. The van der Waals surface area contributed by atoms with Crippen LogP contribution in [0.25, 0.3) is 11.3 Å². The van der Waals surface area contributed by atoms with Gasteiger partial charge in [0.1, 0.15) is 5.69 Å². The van der Waals surface area contributed by atoms with Crippen molar-refractivity contribution < 1.29 is 9.59 Å². The van der Waals surface area contributed by atoms with Crippen molar-refractivity contribution in [2.75, 3.05) is 7.05 Å². The number of halogens is 1. The molecule has 0 aliphatic rings. The molecule has 27 heavy (non-hydrogen) atoms. The van der Waals surface area contributed by atoms with Crippen molar-refractivity contribution in [3.05, 3.63) is 76.9 Å². The Balaban J connectivity index is 1.92. The van der Waals surface area contributed by atoms with E-state index in [1.54, 1.807) is 35.1 Å². The third kappa shape index (κ3) is 4.65. The molecule has 0 unspecified atom stereocenters. The SMILES string of the molecule is CNC(=O)NNC(=O)c1cn(Cc2ccccc2)nc1-c1ccc(Cl)cc1. The van der Waals surface area contributed by atoms with E-state index in [9.17, 15) is 9.59 Å². The lowest BCUT2D eigenvalue weighted by atomic mass is 10.1. The number of hydrogen-bond donors (Lipinski definition) is 3. The lowest BCUT2D eigenvalue weighted by molar-refractivity contribution is 0.0937. The maximum absolute atomic E-state index is 12.6. The number of nitrogens with one attached hydrogen (secondary N) is 3. The Morgan fingerprint density at radius 2 is 1.74 bits per heavy atom. The monoisotopic (exact) mass is 383 g/mol. The van der Waals surface area contributed by atoms with Gasteiger partial charge in [-0.3, -0.25) is 14.9 Å². The van der Waals surface area contributed by atoms with Crippen molar-refractivity contribution in [1.82, 2.24) is 25.9 Å².